The molecule has 0 radical (unpaired) electrons. The number of anilines is 1. The normalized spacial score (nSPS) is 11.7. The molecule has 0 amide bonds. The van der Waals surface area contributed by atoms with Crippen LogP contribution in [0.2, 0.25) is 5.02 Å². The van der Waals surface area contributed by atoms with E-state index < -0.39 is 0 Å². The molecule has 3 nitrogen and oxygen atoms in total. The molecule has 2 aromatic carbocycles. The minimum atomic E-state index is 0.212. The van der Waals surface area contributed by atoms with Crippen molar-refractivity contribution in [2.75, 3.05) is 5.32 Å². The van der Waals surface area contributed by atoms with Crippen molar-refractivity contribution in [1.82, 2.24) is 0 Å². The van der Waals surface area contributed by atoms with E-state index in [0.717, 1.165) is 17.7 Å². The number of hydrogen-bond acceptors (Lipinski definition) is 3. The average Bonchev–Trinajstić information content (AvgIpc) is 2.41. The zero-order valence-electron chi connectivity index (χ0n) is 11.1. The fraction of sp³-hybridized carbons (Fsp3) is 0.188. The van der Waals surface area contributed by atoms with Crippen molar-refractivity contribution in [3.05, 3.63) is 58.6 Å². The third kappa shape index (κ3) is 3.66. The third-order valence-electron chi connectivity index (χ3n) is 2.98. The summed E-state index contributed by atoms with van der Waals surface area (Å²) in [5.74, 6) is 0.272. The summed E-state index contributed by atoms with van der Waals surface area (Å²) >= 11 is 6.00. The standard InChI is InChI=1S/C16H15ClN2O/c1-11(8-12-2-6-15(20)7-3-12)19-14-5-4-13(10-18)16(17)9-14/h2-7,9,11,19-20H,8H2,1H3. The molecule has 2 rings (SSSR count). The highest BCUT2D eigenvalue weighted by Crippen LogP contribution is 2.21. The molecule has 0 aromatic heterocycles. The summed E-state index contributed by atoms with van der Waals surface area (Å²) in [4.78, 5) is 0. The van der Waals surface area contributed by atoms with Gasteiger partial charge in [0.05, 0.1) is 10.6 Å². The van der Waals surface area contributed by atoms with Gasteiger partial charge in [-0.1, -0.05) is 23.7 Å². The molecule has 102 valence electrons. The molecule has 0 aliphatic rings. The van der Waals surface area contributed by atoms with Gasteiger partial charge in [-0.3, -0.25) is 0 Å². The maximum Gasteiger partial charge on any atom is 0.115 e. The minimum Gasteiger partial charge on any atom is -0.508 e. The van der Waals surface area contributed by atoms with Gasteiger partial charge < -0.3 is 10.4 Å². The quantitative estimate of drug-likeness (QED) is 0.894. The summed E-state index contributed by atoms with van der Waals surface area (Å²) in [6.45, 7) is 2.07. The van der Waals surface area contributed by atoms with Crippen LogP contribution in [0.5, 0.6) is 5.75 Å². The van der Waals surface area contributed by atoms with Crippen molar-refractivity contribution in [3.63, 3.8) is 0 Å². The molecule has 1 atom stereocenters. The third-order valence-corrected chi connectivity index (χ3v) is 3.29. The number of aromatic hydroxyl groups is 1. The Labute approximate surface area is 123 Å². The van der Waals surface area contributed by atoms with Crippen LogP contribution >= 0.6 is 11.6 Å². The van der Waals surface area contributed by atoms with E-state index in [1.807, 2.05) is 24.3 Å². The van der Waals surface area contributed by atoms with Crippen LogP contribution in [0.3, 0.4) is 0 Å². The SMILES string of the molecule is CC(Cc1ccc(O)cc1)Nc1ccc(C#N)c(Cl)c1. The van der Waals surface area contributed by atoms with Crippen LogP contribution in [0, 0.1) is 11.3 Å². The number of benzene rings is 2. The van der Waals surface area contributed by atoms with Crippen molar-refractivity contribution in [1.29, 1.82) is 5.26 Å². The lowest BCUT2D eigenvalue weighted by Crippen LogP contribution is -2.18. The lowest BCUT2D eigenvalue weighted by Gasteiger charge is -2.16. The first-order valence-corrected chi connectivity index (χ1v) is 6.70. The fourth-order valence-electron chi connectivity index (χ4n) is 2.02. The van der Waals surface area contributed by atoms with Gasteiger partial charge in [-0.15, -0.1) is 0 Å². The van der Waals surface area contributed by atoms with E-state index in [2.05, 4.69) is 12.2 Å². The lowest BCUT2D eigenvalue weighted by molar-refractivity contribution is 0.475. The van der Waals surface area contributed by atoms with E-state index in [1.54, 1.807) is 24.3 Å². The van der Waals surface area contributed by atoms with Crippen LogP contribution in [0.15, 0.2) is 42.5 Å². The smallest absolute Gasteiger partial charge is 0.115 e. The van der Waals surface area contributed by atoms with Gasteiger partial charge >= 0.3 is 0 Å². The molecule has 0 bridgehead atoms. The van der Waals surface area contributed by atoms with E-state index >= 15 is 0 Å². The zero-order chi connectivity index (χ0) is 14.5. The van der Waals surface area contributed by atoms with Gasteiger partial charge in [0, 0.05) is 11.7 Å². The van der Waals surface area contributed by atoms with Crippen LogP contribution < -0.4 is 5.32 Å². The monoisotopic (exact) mass is 286 g/mol. The number of nitrogens with zero attached hydrogens (tertiary/aromatic N) is 1. The summed E-state index contributed by atoms with van der Waals surface area (Å²) in [6, 6.07) is 14.7. The maximum absolute atomic E-state index is 9.25. The van der Waals surface area contributed by atoms with Crippen LogP contribution in [0.1, 0.15) is 18.1 Å². The number of nitrogens with one attached hydrogen (secondary N) is 1. The van der Waals surface area contributed by atoms with E-state index in [4.69, 9.17) is 16.9 Å². The fourth-order valence-corrected chi connectivity index (χ4v) is 2.24. The molecule has 20 heavy (non-hydrogen) atoms. The Morgan fingerprint density at radius 2 is 1.95 bits per heavy atom. The summed E-state index contributed by atoms with van der Waals surface area (Å²) in [5, 5.41) is 21.9. The molecule has 0 saturated carbocycles. The van der Waals surface area contributed by atoms with Crippen LogP contribution in [0.25, 0.3) is 0 Å². The second-order valence-corrected chi connectivity index (χ2v) is 5.13. The van der Waals surface area contributed by atoms with Crippen molar-refractivity contribution in [2.45, 2.75) is 19.4 Å². The Morgan fingerprint density at radius 1 is 1.25 bits per heavy atom. The van der Waals surface area contributed by atoms with Crippen LogP contribution in [0.4, 0.5) is 5.69 Å². The molecule has 2 N–H and O–H groups in total. The van der Waals surface area contributed by atoms with E-state index in [-0.39, 0.29) is 11.8 Å². The van der Waals surface area contributed by atoms with Crippen molar-refractivity contribution in [3.8, 4) is 11.8 Å². The number of phenols is 1. The summed E-state index contributed by atoms with van der Waals surface area (Å²) < 4.78 is 0. The largest absolute Gasteiger partial charge is 0.508 e. The Morgan fingerprint density at radius 3 is 2.55 bits per heavy atom. The van der Waals surface area contributed by atoms with Crippen molar-refractivity contribution in [2.24, 2.45) is 0 Å². The number of nitriles is 1. The number of halogens is 1. The molecule has 2 aromatic rings. The van der Waals surface area contributed by atoms with E-state index in [1.165, 1.54) is 0 Å². The highest BCUT2D eigenvalue weighted by Gasteiger charge is 2.06. The lowest BCUT2D eigenvalue weighted by atomic mass is 10.1. The first-order chi connectivity index (χ1) is 9.58. The molecule has 0 fully saturated rings. The summed E-state index contributed by atoms with van der Waals surface area (Å²) in [6.07, 6.45) is 0.831. The first-order valence-electron chi connectivity index (χ1n) is 6.32. The molecular weight excluding hydrogens is 272 g/mol. The van der Waals surface area contributed by atoms with Gasteiger partial charge in [0.2, 0.25) is 0 Å². The number of rotatable bonds is 4. The number of phenolic OH excluding ortho intramolecular Hbond substituents is 1. The topological polar surface area (TPSA) is 56.0 Å². The molecule has 4 heteroatoms. The average molecular weight is 287 g/mol. The Hall–Kier alpha value is -2.18. The van der Waals surface area contributed by atoms with Gasteiger partial charge in [-0.2, -0.15) is 5.26 Å². The Balaban J connectivity index is 2.01. The van der Waals surface area contributed by atoms with Gasteiger partial charge in [0.15, 0.2) is 0 Å². The highest BCUT2D eigenvalue weighted by atomic mass is 35.5. The molecule has 0 aliphatic carbocycles. The van der Waals surface area contributed by atoms with Crippen molar-refractivity contribution < 1.29 is 5.11 Å². The van der Waals surface area contributed by atoms with Crippen molar-refractivity contribution >= 4 is 17.3 Å². The predicted octanol–water partition coefficient (Wildman–Crippen LogP) is 3.96. The second-order valence-electron chi connectivity index (χ2n) is 4.72. The van der Waals surface area contributed by atoms with Gasteiger partial charge in [-0.05, 0) is 49.2 Å². The van der Waals surface area contributed by atoms with Crippen LogP contribution in [-0.4, -0.2) is 11.1 Å². The Kier molecular flexibility index (Phi) is 4.49. The molecule has 0 aliphatic heterocycles. The zero-order valence-corrected chi connectivity index (χ0v) is 11.9. The maximum atomic E-state index is 9.25. The van der Waals surface area contributed by atoms with Gasteiger partial charge in [0.1, 0.15) is 11.8 Å². The predicted molar refractivity (Wildman–Crippen MR) is 81.1 cm³/mol. The Bertz CT molecular complexity index is 632. The number of hydrogen-bond donors (Lipinski definition) is 2. The summed E-state index contributed by atoms with van der Waals surface area (Å²) in [7, 11) is 0. The van der Waals surface area contributed by atoms with E-state index in [0.29, 0.717) is 10.6 Å². The van der Waals surface area contributed by atoms with Gasteiger partial charge in [-0.25, -0.2) is 0 Å². The summed E-state index contributed by atoms with van der Waals surface area (Å²) in [5.41, 5.74) is 2.51. The van der Waals surface area contributed by atoms with Crippen LogP contribution in [-0.2, 0) is 6.42 Å². The molecule has 0 heterocycles. The highest BCUT2D eigenvalue weighted by molar-refractivity contribution is 6.32. The molecule has 0 spiro atoms. The van der Waals surface area contributed by atoms with E-state index in [9.17, 15) is 5.11 Å². The second kappa shape index (κ2) is 6.31. The molecular formula is C16H15ClN2O. The van der Waals surface area contributed by atoms with Gasteiger partial charge in [0.25, 0.3) is 0 Å². The molecule has 1 unspecified atom stereocenters. The minimum absolute atomic E-state index is 0.212. The molecule has 0 saturated heterocycles. The first kappa shape index (κ1) is 14.2.